The summed E-state index contributed by atoms with van der Waals surface area (Å²) in [6.45, 7) is 11.9. The molecule has 3 heteroatoms. The van der Waals surface area contributed by atoms with Gasteiger partial charge in [-0.25, -0.2) is 0 Å². The zero-order valence-corrected chi connectivity index (χ0v) is 14.2. The molecule has 0 aromatic carbocycles. The van der Waals surface area contributed by atoms with Gasteiger partial charge in [0.05, 0.1) is 6.54 Å². The smallest absolute Gasteiger partial charge is 0.118 e. The van der Waals surface area contributed by atoms with E-state index in [2.05, 4.69) is 44.0 Å². The SMILES string of the molecule is CCC1CCCCCN1Cc1cc(CNC(C)C)c(C)o1. The molecule has 120 valence electrons. The molecular weight excluding hydrogens is 260 g/mol. The highest BCUT2D eigenvalue weighted by Gasteiger charge is 2.21. The van der Waals surface area contributed by atoms with E-state index in [1.165, 1.54) is 44.2 Å². The molecule has 1 aromatic rings. The Labute approximate surface area is 130 Å². The van der Waals surface area contributed by atoms with Crippen LogP contribution >= 0.6 is 0 Å². The Hall–Kier alpha value is -0.800. The van der Waals surface area contributed by atoms with Gasteiger partial charge < -0.3 is 9.73 Å². The molecule has 0 saturated carbocycles. The Morgan fingerprint density at radius 2 is 2.14 bits per heavy atom. The predicted molar refractivity (Wildman–Crippen MR) is 88.4 cm³/mol. The molecule has 0 aliphatic carbocycles. The Kier molecular flexibility index (Phi) is 6.31. The van der Waals surface area contributed by atoms with E-state index in [0.29, 0.717) is 6.04 Å². The van der Waals surface area contributed by atoms with E-state index in [1.807, 2.05) is 0 Å². The number of hydrogen-bond donors (Lipinski definition) is 1. The Morgan fingerprint density at radius 1 is 1.33 bits per heavy atom. The first-order valence-electron chi connectivity index (χ1n) is 8.65. The van der Waals surface area contributed by atoms with E-state index in [0.717, 1.165) is 30.7 Å². The van der Waals surface area contributed by atoms with Crippen LogP contribution in [0.1, 0.15) is 70.0 Å². The largest absolute Gasteiger partial charge is 0.465 e. The van der Waals surface area contributed by atoms with Crippen LogP contribution in [0.4, 0.5) is 0 Å². The third-order valence-electron chi connectivity index (χ3n) is 4.60. The van der Waals surface area contributed by atoms with E-state index in [4.69, 9.17) is 4.42 Å². The zero-order chi connectivity index (χ0) is 15.2. The van der Waals surface area contributed by atoms with Crippen LogP contribution in [0.3, 0.4) is 0 Å². The summed E-state index contributed by atoms with van der Waals surface area (Å²) in [7, 11) is 0. The molecule has 2 rings (SSSR count). The van der Waals surface area contributed by atoms with E-state index >= 15 is 0 Å². The maximum absolute atomic E-state index is 6.00. The van der Waals surface area contributed by atoms with Gasteiger partial charge in [0.25, 0.3) is 0 Å². The van der Waals surface area contributed by atoms with Crippen molar-refractivity contribution in [3.8, 4) is 0 Å². The van der Waals surface area contributed by atoms with Gasteiger partial charge in [0.2, 0.25) is 0 Å². The molecule has 0 bridgehead atoms. The molecule has 3 nitrogen and oxygen atoms in total. The van der Waals surface area contributed by atoms with Crippen LogP contribution in [0, 0.1) is 6.92 Å². The highest BCUT2D eigenvalue weighted by molar-refractivity contribution is 5.20. The van der Waals surface area contributed by atoms with Crippen LogP contribution in [-0.2, 0) is 13.1 Å². The molecule has 1 fully saturated rings. The summed E-state index contributed by atoms with van der Waals surface area (Å²) < 4.78 is 6.00. The van der Waals surface area contributed by atoms with Crippen LogP contribution in [0.15, 0.2) is 10.5 Å². The number of hydrogen-bond acceptors (Lipinski definition) is 3. The lowest BCUT2D eigenvalue weighted by Gasteiger charge is -2.28. The highest BCUT2D eigenvalue weighted by Crippen LogP contribution is 2.23. The van der Waals surface area contributed by atoms with Gasteiger partial charge in [0.1, 0.15) is 11.5 Å². The lowest BCUT2D eigenvalue weighted by molar-refractivity contribution is 0.172. The number of nitrogens with one attached hydrogen (secondary N) is 1. The molecule has 1 aliphatic rings. The standard InChI is InChI=1S/C18H32N2O/c1-5-17-9-7-6-8-10-20(17)13-18-11-16(15(4)21-18)12-19-14(2)3/h11,14,17,19H,5-10,12-13H2,1-4H3. The van der Waals surface area contributed by atoms with Gasteiger partial charge in [-0.1, -0.05) is 33.6 Å². The van der Waals surface area contributed by atoms with Crippen molar-refractivity contribution in [3.05, 3.63) is 23.2 Å². The third kappa shape index (κ3) is 4.86. The minimum absolute atomic E-state index is 0.512. The second-order valence-corrected chi connectivity index (χ2v) is 6.71. The average Bonchev–Trinajstić information content (AvgIpc) is 2.65. The molecule has 0 radical (unpaired) electrons. The van der Waals surface area contributed by atoms with Crippen molar-refractivity contribution in [2.75, 3.05) is 6.54 Å². The quantitative estimate of drug-likeness (QED) is 0.850. The maximum Gasteiger partial charge on any atom is 0.118 e. The van der Waals surface area contributed by atoms with Gasteiger partial charge in [-0.2, -0.15) is 0 Å². The summed E-state index contributed by atoms with van der Waals surface area (Å²) in [5.74, 6) is 2.20. The summed E-state index contributed by atoms with van der Waals surface area (Å²) >= 11 is 0. The van der Waals surface area contributed by atoms with Crippen molar-refractivity contribution in [3.63, 3.8) is 0 Å². The number of rotatable bonds is 6. The Balaban J connectivity index is 1.99. The van der Waals surface area contributed by atoms with Crippen molar-refractivity contribution in [2.45, 2.75) is 85.0 Å². The van der Waals surface area contributed by atoms with E-state index in [-0.39, 0.29) is 0 Å². The minimum atomic E-state index is 0.512. The molecule has 2 heterocycles. The van der Waals surface area contributed by atoms with Crippen molar-refractivity contribution in [2.24, 2.45) is 0 Å². The number of furan rings is 1. The predicted octanol–water partition coefficient (Wildman–Crippen LogP) is 4.24. The van der Waals surface area contributed by atoms with Gasteiger partial charge in [0, 0.05) is 24.2 Å². The fourth-order valence-corrected chi connectivity index (χ4v) is 3.26. The molecule has 1 N–H and O–H groups in total. The molecule has 1 unspecified atom stereocenters. The van der Waals surface area contributed by atoms with Gasteiger partial charge in [-0.05, 0) is 38.8 Å². The summed E-state index contributed by atoms with van der Waals surface area (Å²) in [6, 6.07) is 3.50. The Morgan fingerprint density at radius 3 is 2.86 bits per heavy atom. The second kappa shape index (κ2) is 8.00. The number of nitrogens with zero attached hydrogens (tertiary/aromatic N) is 1. The fourth-order valence-electron chi connectivity index (χ4n) is 3.26. The van der Waals surface area contributed by atoms with E-state index < -0.39 is 0 Å². The number of likely N-dealkylation sites (tertiary alicyclic amines) is 1. The van der Waals surface area contributed by atoms with E-state index in [1.54, 1.807) is 0 Å². The molecule has 1 saturated heterocycles. The molecule has 0 amide bonds. The first kappa shape index (κ1) is 16.6. The number of aryl methyl sites for hydroxylation is 1. The van der Waals surface area contributed by atoms with Crippen LogP contribution in [0.2, 0.25) is 0 Å². The third-order valence-corrected chi connectivity index (χ3v) is 4.60. The second-order valence-electron chi connectivity index (χ2n) is 6.71. The van der Waals surface area contributed by atoms with Crippen LogP contribution in [0.25, 0.3) is 0 Å². The van der Waals surface area contributed by atoms with Crippen molar-refractivity contribution in [1.29, 1.82) is 0 Å². The summed E-state index contributed by atoms with van der Waals surface area (Å²) in [5.41, 5.74) is 1.31. The minimum Gasteiger partial charge on any atom is -0.465 e. The first-order valence-corrected chi connectivity index (χ1v) is 8.65. The molecule has 1 aromatic heterocycles. The normalized spacial score (nSPS) is 20.9. The van der Waals surface area contributed by atoms with E-state index in [9.17, 15) is 0 Å². The van der Waals surface area contributed by atoms with Gasteiger partial charge in [-0.15, -0.1) is 0 Å². The van der Waals surface area contributed by atoms with Gasteiger partial charge >= 0.3 is 0 Å². The molecule has 1 aliphatic heterocycles. The van der Waals surface area contributed by atoms with Crippen molar-refractivity contribution in [1.82, 2.24) is 10.2 Å². The topological polar surface area (TPSA) is 28.4 Å². The lowest BCUT2D eigenvalue weighted by atomic mass is 10.1. The zero-order valence-electron chi connectivity index (χ0n) is 14.2. The molecular formula is C18H32N2O. The fraction of sp³-hybridized carbons (Fsp3) is 0.778. The Bertz CT molecular complexity index is 425. The summed E-state index contributed by atoms with van der Waals surface area (Å²) in [6.07, 6.45) is 6.70. The molecule has 0 spiro atoms. The molecule has 1 atom stereocenters. The summed E-state index contributed by atoms with van der Waals surface area (Å²) in [5, 5.41) is 3.48. The first-order chi connectivity index (χ1) is 10.1. The lowest BCUT2D eigenvalue weighted by Crippen LogP contribution is -2.33. The monoisotopic (exact) mass is 292 g/mol. The van der Waals surface area contributed by atoms with Crippen molar-refractivity contribution >= 4 is 0 Å². The van der Waals surface area contributed by atoms with Crippen molar-refractivity contribution < 1.29 is 4.42 Å². The van der Waals surface area contributed by atoms with Crippen LogP contribution < -0.4 is 5.32 Å². The highest BCUT2D eigenvalue weighted by atomic mass is 16.3. The van der Waals surface area contributed by atoms with Crippen LogP contribution in [0.5, 0.6) is 0 Å². The maximum atomic E-state index is 6.00. The molecule has 21 heavy (non-hydrogen) atoms. The van der Waals surface area contributed by atoms with Gasteiger partial charge in [0.15, 0.2) is 0 Å². The summed E-state index contributed by atoms with van der Waals surface area (Å²) in [4.78, 5) is 2.63. The van der Waals surface area contributed by atoms with Gasteiger partial charge in [-0.3, -0.25) is 4.90 Å². The van der Waals surface area contributed by atoms with Crippen LogP contribution in [-0.4, -0.2) is 23.5 Å². The average molecular weight is 292 g/mol.